The fourth-order valence-electron chi connectivity index (χ4n) is 2.02. The fraction of sp³-hybridized carbons (Fsp3) is 0.571. The third-order valence-electron chi connectivity index (χ3n) is 3.03. The first-order valence-electron chi connectivity index (χ1n) is 6.00. The highest BCUT2D eigenvalue weighted by Crippen LogP contribution is 2.17. The second-order valence-corrected chi connectivity index (χ2v) is 4.62. The highest BCUT2D eigenvalue weighted by Gasteiger charge is 2.11. The van der Waals surface area contributed by atoms with Gasteiger partial charge in [0.15, 0.2) is 0 Å². The number of likely N-dealkylation sites (N-methyl/N-ethyl adjacent to an activating group) is 2. The van der Waals surface area contributed by atoms with Gasteiger partial charge in [-0.05, 0) is 40.1 Å². The van der Waals surface area contributed by atoms with Crippen molar-refractivity contribution in [3.8, 4) is 0 Å². The zero-order valence-corrected chi connectivity index (χ0v) is 11.2. The third-order valence-corrected chi connectivity index (χ3v) is 3.03. The molecule has 0 spiro atoms. The summed E-state index contributed by atoms with van der Waals surface area (Å²) < 4.78 is 0. The van der Waals surface area contributed by atoms with Gasteiger partial charge in [0, 0.05) is 12.6 Å². The van der Waals surface area contributed by atoms with E-state index in [4.69, 9.17) is 0 Å². The molecule has 0 amide bonds. The minimum absolute atomic E-state index is 0.420. The average molecular weight is 220 g/mol. The van der Waals surface area contributed by atoms with E-state index in [9.17, 15) is 0 Å². The Morgan fingerprint density at radius 3 is 2.19 bits per heavy atom. The maximum atomic E-state index is 3.40. The van der Waals surface area contributed by atoms with Gasteiger partial charge in [0.2, 0.25) is 0 Å². The molecule has 0 aliphatic rings. The SMILES string of the molecule is CCN(C)CC(NC)c1cc(C)cc(C)c1. The lowest BCUT2D eigenvalue weighted by atomic mass is 10.0. The first-order chi connectivity index (χ1) is 7.56. The number of aryl methyl sites for hydroxylation is 2. The molecule has 0 fully saturated rings. The van der Waals surface area contributed by atoms with Crippen LogP contribution in [0.15, 0.2) is 18.2 Å². The molecule has 2 nitrogen and oxygen atoms in total. The molecule has 0 saturated heterocycles. The molecule has 0 aromatic heterocycles. The van der Waals surface area contributed by atoms with Gasteiger partial charge in [0.25, 0.3) is 0 Å². The van der Waals surface area contributed by atoms with Crippen LogP contribution in [0.3, 0.4) is 0 Å². The van der Waals surface area contributed by atoms with Crippen LogP contribution < -0.4 is 5.32 Å². The lowest BCUT2D eigenvalue weighted by molar-refractivity contribution is 0.311. The summed E-state index contributed by atoms with van der Waals surface area (Å²) in [6, 6.07) is 7.19. The molecule has 1 atom stereocenters. The van der Waals surface area contributed by atoms with E-state index in [1.807, 2.05) is 7.05 Å². The minimum Gasteiger partial charge on any atom is -0.312 e. The van der Waals surface area contributed by atoms with E-state index in [0.717, 1.165) is 13.1 Å². The molecule has 16 heavy (non-hydrogen) atoms. The molecule has 0 aliphatic heterocycles. The van der Waals surface area contributed by atoms with Crippen molar-refractivity contribution in [2.75, 3.05) is 27.2 Å². The van der Waals surface area contributed by atoms with Gasteiger partial charge in [-0.1, -0.05) is 36.2 Å². The Bertz CT molecular complexity index is 313. The van der Waals surface area contributed by atoms with Crippen molar-refractivity contribution in [2.24, 2.45) is 0 Å². The van der Waals surface area contributed by atoms with E-state index < -0.39 is 0 Å². The Balaban J connectivity index is 2.86. The molecule has 0 saturated carbocycles. The summed E-state index contributed by atoms with van der Waals surface area (Å²) >= 11 is 0. The summed E-state index contributed by atoms with van der Waals surface area (Å²) in [6.45, 7) is 8.65. The van der Waals surface area contributed by atoms with Crippen molar-refractivity contribution in [2.45, 2.75) is 26.8 Å². The lowest BCUT2D eigenvalue weighted by Gasteiger charge is -2.23. The van der Waals surface area contributed by atoms with Gasteiger partial charge in [0.1, 0.15) is 0 Å². The topological polar surface area (TPSA) is 15.3 Å². The lowest BCUT2D eigenvalue weighted by Crippen LogP contribution is -2.31. The van der Waals surface area contributed by atoms with Crippen molar-refractivity contribution in [3.05, 3.63) is 34.9 Å². The van der Waals surface area contributed by atoms with Crippen LogP contribution in [0.1, 0.15) is 29.7 Å². The molecule has 0 bridgehead atoms. The summed E-state index contributed by atoms with van der Waals surface area (Å²) in [5, 5.41) is 3.40. The van der Waals surface area contributed by atoms with Gasteiger partial charge < -0.3 is 10.2 Å². The van der Waals surface area contributed by atoms with E-state index in [-0.39, 0.29) is 0 Å². The summed E-state index contributed by atoms with van der Waals surface area (Å²) in [5.74, 6) is 0. The molecule has 1 rings (SSSR count). The summed E-state index contributed by atoms with van der Waals surface area (Å²) in [5.41, 5.74) is 4.07. The normalized spacial score (nSPS) is 13.1. The third kappa shape index (κ3) is 3.62. The maximum absolute atomic E-state index is 3.40. The second-order valence-electron chi connectivity index (χ2n) is 4.62. The van der Waals surface area contributed by atoms with Crippen LogP contribution >= 0.6 is 0 Å². The molecule has 1 unspecified atom stereocenters. The van der Waals surface area contributed by atoms with Gasteiger partial charge in [-0.15, -0.1) is 0 Å². The molecule has 1 aromatic rings. The predicted molar refractivity (Wildman–Crippen MR) is 70.9 cm³/mol. The number of nitrogens with zero attached hydrogens (tertiary/aromatic N) is 1. The Hall–Kier alpha value is -0.860. The standard InChI is InChI=1S/C14H24N2/c1-6-16(5)10-14(15-4)13-8-11(2)7-12(3)9-13/h7-9,14-15H,6,10H2,1-5H3. The Morgan fingerprint density at radius 1 is 1.19 bits per heavy atom. The van der Waals surface area contributed by atoms with Crippen LogP contribution in [0.4, 0.5) is 0 Å². The van der Waals surface area contributed by atoms with E-state index in [1.54, 1.807) is 0 Å². The number of rotatable bonds is 5. The van der Waals surface area contributed by atoms with Crippen LogP contribution in [0.5, 0.6) is 0 Å². The van der Waals surface area contributed by atoms with Gasteiger partial charge in [-0.25, -0.2) is 0 Å². The molecular weight excluding hydrogens is 196 g/mol. The predicted octanol–water partition coefficient (Wildman–Crippen LogP) is 2.52. The monoisotopic (exact) mass is 220 g/mol. The van der Waals surface area contributed by atoms with Crippen molar-refractivity contribution in [3.63, 3.8) is 0 Å². The molecule has 0 radical (unpaired) electrons. The number of benzene rings is 1. The quantitative estimate of drug-likeness (QED) is 0.820. The van der Waals surface area contributed by atoms with Gasteiger partial charge in [-0.2, -0.15) is 0 Å². The smallest absolute Gasteiger partial charge is 0.0446 e. The number of hydrogen-bond donors (Lipinski definition) is 1. The van der Waals surface area contributed by atoms with E-state index in [2.05, 4.69) is 56.2 Å². The van der Waals surface area contributed by atoms with Crippen molar-refractivity contribution in [1.29, 1.82) is 0 Å². The zero-order chi connectivity index (χ0) is 12.1. The highest BCUT2D eigenvalue weighted by atomic mass is 15.1. The Labute approximate surface area is 99.7 Å². The van der Waals surface area contributed by atoms with Crippen LogP contribution in [-0.4, -0.2) is 32.1 Å². The van der Waals surface area contributed by atoms with Crippen molar-refractivity contribution < 1.29 is 0 Å². The summed E-state index contributed by atoms with van der Waals surface area (Å²) in [4.78, 5) is 2.33. The summed E-state index contributed by atoms with van der Waals surface area (Å²) in [6.07, 6.45) is 0. The van der Waals surface area contributed by atoms with Gasteiger partial charge in [0.05, 0.1) is 0 Å². The number of hydrogen-bond acceptors (Lipinski definition) is 2. The second kappa shape index (κ2) is 6.02. The van der Waals surface area contributed by atoms with Gasteiger partial charge in [-0.3, -0.25) is 0 Å². The van der Waals surface area contributed by atoms with Crippen LogP contribution in [0.25, 0.3) is 0 Å². The minimum atomic E-state index is 0.420. The van der Waals surface area contributed by atoms with Crippen molar-refractivity contribution in [1.82, 2.24) is 10.2 Å². The molecule has 90 valence electrons. The zero-order valence-electron chi connectivity index (χ0n) is 11.2. The first kappa shape index (κ1) is 13.2. The Morgan fingerprint density at radius 2 is 1.75 bits per heavy atom. The molecular formula is C14H24N2. The molecule has 1 N–H and O–H groups in total. The van der Waals surface area contributed by atoms with Crippen LogP contribution in [0.2, 0.25) is 0 Å². The van der Waals surface area contributed by atoms with E-state index >= 15 is 0 Å². The molecule has 0 aliphatic carbocycles. The molecule has 0 heterocycles. The molecule has 1 aromatic carbocycles. The van der Waals surface area contributed by atoms with E-state index in [0.29, 0.717) is 6.04 Å². The van der Waals surface area contributed by atoms with E-state index in [1.165, 1.54) is 16.7 Å². The maximum Gasteiger partial charge on any atom is 0.0446 e. The van der Waals surface area contributed by atoms with Crippen LogP contribution in [0, 0.1) is 13.8 Å². The average Bonchev–Trinajstić information content (AvgIpc) is 2.24. The fourth-order valence-corrected chi connectivity index (χ4v) is 2.02. The van der Waals surface area contributed by atoms with Crippen molar-refractivity contribution >= 4 is 0 Å². The molecule has 2 heteroatoms. The first-order valence-corrected chi connectivity index (χ1v) is 6.00. The summed E-state index contributed by atoms with van der Waals surface area (Å²) in [7, 11) is 4.19. The largest absolute Gasteiger partial charge is 0.312 e. The Kier molecular flexibility index (Phi) is 4.97. The number of nitrogens with one attached hydrogen (secondary N) is 1. The van der Waals surface area contributed by atoms with Gasteiger partial charge >= 0.3 is 0 Å². The van der Waals surface area contributed by atoms with Crippen LogP contribution in [-0.2, 0) is 0 Å². The highest BCUT2D eigenvalue weighted by molar-refractivity contribution is 5.30.